The highest BCUT2D eigenvalue weighted by Gasteiger charge is 2.48. The van der Waals surface area contributed by atoms with E-state index >= 15 is 0 Å². The molecule has 0 saturated carbocycles. The van der Waals surface area contributed by atoms with Crippen molar-refractivity contribution in [2.24, 2.45) is 16.6 Å². The number of hydrogen-bond acceptors (Lipinski definition) is 6. The van der Waals surface area contributed by atoms with Crippen LogP contribution in [0, 0.1) is 5.92 Å². The van der Waals surface area contributed by atoms with Crippen molar-refractivity contribution in [2.75, 3.05) is 0 Å². The zero-order chi connectivity index (χ0) is 12.6. The number of esters is 1. The van der Waals surface area contributed by atoms with Crippen LogP contribution in [0.15, 0.2) is 4.99 Å². The maximum Gasteiger partial charge on any atom is 0.302 e. The molecule has 5 atom stereocenters. The van der Waals surface area contributed by atoms with Crippen LogP contribution in [0.3, 0.4) is 0 Å². The first-order valence-electron chi connectivity index (χ1n) is 5.85. The fourth-order valence-corrected chi connectivity index (χ4v) is 3.39. The number of aliphatic imine (C=N–C) groups is 1. The molecule has 2 rings (SSSR count). The number of amidine groups is 1. The van der Waals surface area contributed by atoms with Crippen LogP contribution in [0.2, 0.25) is 0 Å². The third-order valence-electron chi connectivity index (χ3n) is 3.25. The van der Waals surface area contributed by atoms with Crippen LogP contribution in [0.5, 0.6) is 0 Å². The second-order valence-electron chi connectivity index (χ2n) is 4.46. The summed E-state index contributed by atoms with van der Waals surface area (Å²) in [6.07, 6.45) is 0.752. The molecule has 2 N–H and O–H groups in total. The van der Waals surface area contributed by atoms with Gasteiger partial charge in [0.15, 0.2) is 5.17 Å². The Hall–Kier alpha value is -0.750. The fourth-order valence-electron chi connectivity index (χ4n) is 2.42. The summed E-state index contributed by atoms with van der Waals surface area (Å²) in [5.41, 5.74) is 5.60. The van der Waals surface area contributed by atoms with Gasteiger partial charge in [0.05, 0.1) is 6.10 Å². The summed E-state index contributed by atoms with van der Waals surface area (Å²) >= 11 is 1.42. The third-order valence-corrected chi connectivity index (χ3v) is 4.22. The fraction of sp³-hybridized carbons (Fsp3) is 0.818. The Bertz CT molecular complexity index is 348. The molecule has 0 radical (unpaired) electrons. The lowest BCUT2D eigenvalue weighted by atomic mass is 9.88. The molecule has 0 aromatic carbocycles. The van der Waals surface area contributed by atoms with Gasteiger partial charge in [-0.2, -0.15) is 0 Å². The zero-order valence-corrected chi connectivity index (χ0v) is 11.1. The Morgan fingerprint density at radius 1 is 1.65 bits per heavy atom. The third kappa shape index (κ3) is 2.42. The van der Waals surface area contributed by atoms with E-state index in [0.29, 0.717) is 5.17 Å². The molecule has 0 unspecified atom stereocenters. The van der Waals surface area contributed by atoms with Gasteiger partial charge in [-0.15, -0.1) is 0 Å². The molecule has 0 aliphatic carbocycles. The SMILES string of the molecule is CC[C@H]1O[C@@H]2SC(N)=N[C@@H]2[C@@H](OC(C)=O)[C@@H]1C. The molecule has 17 heavy (non-hydrogen) atoms. The lowest BCUT2D eigenvalue weighted by Crippen LogP contribution is -2.51. The minimum absolute atomic E-state index is 0.0919. The number of thioether (sulfide) groups is 1. The van der Waals surface area contributed by atoms with Gasteiger partial charge in [0.25, 0.3) is 0 Å². The van der Waals surface area contributed by atoms with Crippen LogP contribution in [0.25, 0.3) is 0 Å². The lowest BCUT2D eigenvalue weighted by Gasteiger charge is -2.40. The number of ether oxygens (including phenoxy) is 2. The van der Waals surface area contributed by atoms with Crippen LogP contribution in [0.1, 0.15) is 27.2 Å². The van der Waals surface area contributed by atoms with Gasteiger partial charge in [0, 0.05) is 12.8 Å². The van der Waals surface area contributed by atoms with Gasteiger partial charge in [0.1, 0.15) is 17.6 Å². The minimum atomic E-state index is -0.275. The molecule has 2 aliphatic heterocycles. The standard InChI is InChI=1S/C11H18N2O3S/c1-4-7-5(2)9(15-6(3)14)8-10(16-7)17-11(12)13-8/h5,7-10H,4H2,1-3H3,(H2,12,13)/t5-,7-,8-,9+,10-/m1/s1. The number of nitrogens with zero attached hydrogens (tertiary/aromatic N) is 1. The molecule has 1 saturated heterocycles. The quantitative estimate of drug-likeness (QED) is 0.751. The zero-order valence-electron chi connectivity index (χ0n) is 10.3. The summed E-state index contributed by atoms with van der Waals surface area (Å²) in [7, 11) is 0. The van der Waals surface area contributed by atoms with E-state index in [1.54, 1.807) is 0 Å². The maximum absolute atomic E-state index is 11.2. The lowest BCUT2D eigenvalue weighted by molar-refractivity contribution is -0.166. The van der Waals surface area contributed by atoms with Crippen molar-refractivity contribution < 1.29 is 14.3 Å². The number of nitrogens with two attached hydrogens (primary N) is 1. The number of hydrogen-bond donors (Lipinski definition) is 1. The Morgan fingerprint density at radius 2 is 2.35 bits per heavy atom. The summed E-state index contributed by atoms with van der Waals surface area (Å²) in [4.78, 5) is 15.5. The number of fused-ring (bicyclic) bond motifs is 1. The monoisotopic (exact) mass is 258 g/mol. The molecule has 2 aliphatic rings. The van der Waals surface area contributed by atoms with E-state index in [9.17, 15) is 4.79 Å². The van der Waals surface area contributed by atoms with Crippen LogP contribution < -0.4 is 5.73 Å². The van der Waals surface area contributed by atoms with Crippen molar-refractivity contribution >= 4 is 22.9 Å². The smallest absolute Gasteiger partial charge is 0.302 e. The van der Waals surface area contributed by atoms with E-state index in [1.807, 2.05) is 6.92 Å². The first-order chi connectivity index (χ1) is 8.02. The van der Waals surface area contributed by atoms with Crippen LogP contribution >= 0.6 is 11.8 Å². The number of rotatable bonds is 2. The largest absolute Gasteiger partial charge is 0.460 e. The predicted molar refractivity (Wildman–Crippen MR) is 66.7 cm³/mol. The Morgan fingerprint density at radius 3 is 2.94 bits per heavy atom. The first-order valence-corrected chi connectivity index (χ1v) is 6.73. The summed E-state index contributed by atoms with van der Waals surface area (Å²) < 4.78 is 11.3. The highest BCUT2D eigenvalue weighted by Crippen LogP contribution is 2.39. The Kier molecular flexibility index (Phi) is 3.63. The van der Waals surface area contributed by atoms with Crippen LogP contribution in [-0.2, 0) is 14.3 Å². The molecule has 0 amide bonds. The van der Waals surface area contributed by atoms with Gasteiger partial charge >= 0.3 is 5.97 Å². The summed E-state index contributed by atoms with van der Waals surface area (Å²) in [5, 5.41) is 0.515. The van der Waals surface area contributed by atoms with Gasteiger partial charge in [-0.3, -0.25) is 9.79 Å². The Labute approximate surface area is 105 Å². The summed E-state index contributed by atoms with van der Waals surface area (Å²) in [6.45, 7) is 5.52. The maximum atomic E-state index is 11.2. The molecule has 5 nitrogen and oxygen atoms in total. The molecular weight excluding hydrogens is 240 g/mol. The second kappa shape index (κ2) is 4.86. The van der Waals surface area contributed by atoms with E-state index in [4.69, 9.17) is 15.2 Å². The molecule has 0 aromatic heterocycles. The molecular formula is C11H18N2O3S. The second-order valence-corrected chi connectivity index (χ2v) is 5.58. The van der Waals surface area contributed by atoms with Gasteiger partial charge in [-0.25, -0.2) is 0 Å². The predicted octanol–water partition coefficient (Wildman–Crippen LogP) is 1.12. The molecule has 2 heterocycles. The van der Waals surface area contributed by atoms with E-state index in [-0.39, 0.29) is 35.6 Å². The highest BCUT2D eigenvalue weighted by atomic mass is 32.2. The van der Waals surface area contributed by atoms with Crippen molar-refractivity contribution in [3.05, 3.63) is 0 Å². The van der Waals surface area contributed by atoms with E-state index in [2.05, 4.69) is 11.9 Å². The van der Waals surface area contributed by atoms with Crippen molar-refractivity contribution in [3.63, 3.8) is 0 Å². The summed E-state index contributed by atoms with van der Waals surface area (Å²) in [6, 6.07) is -0.165. The Balaban J connectivity index is 2.19. The molecule has 1 fully saturated rings. The van der Waals surface area contributed by atoms with Crippen molar-refractivity contribution in [3.8, 4) is 0 Å². The van der Waals surface area contributed by atoms with E-state index in [0.717, 1.165) is 6.42 Å². The molecule has 0 bridgehead atoms. The van der Waals surface area contributed by atoms with Gasteiger partial charge in [-0.1, -0.05) is 25.6 Å². The molecule has 96 valence electrons. The van der Waals surface area contributed by atoms with Crippen molar-refractivity contribution in [2.45, 2.75) is 50.9 Å². The number of carbonyl (C=O) groups is 1. The van der Waals surface area contributed by atoms with Gasteiger partial charge < -0.3 is 15.2 Å². The average molecular weight is 258 g/mol. The van der Waals surface area contributed by atoms with Gasteiger partial charge in [0.2, 0.25) is 0 Å². The van der Waals surface area contributed by atoms with E-state index in [1.165, 1.54) is 18.7 Å². The van der Waals surface area contributed by atoms with Crippen molar-refractivity contribution in [1.82, 2.24) is 0 Å². The molecule has 0 aromatic rings. The molecule has 0 spiro atoms. The van der Waals surface area contributed by atoms with Gasteiger partial charge in [-0.05, 0) is 6.42 Å². The van der Waals surface area contributed by atoms with Crippen LogP contribution in [0.4, 0.5) is 0 Å². The number of carbonyl (C=O) groups excluding carboxylic acids is 1. The van der Waals surface area contributed by atoms with Crippen molar-refractivity contribution in [1.29, 1.82) is 0 Å². The topological polar surface area (TPSA) is 73.9 Å². The molecule has 6 heteroatoms. The normalized spacial score (nSPS) is 40.6. The average Bonchev–Trinajstić information content (AvgIpc) is 2.62. The van der Waals surface area contributed by atoms with Crippen LogP contribution in [-0.4, -0.2) is 34.8 Å². The first kappa shape index (κ1) is 12.7. The van der Waals surface area contributed by atoms with E-state index < -0.39 is 0 Å². The summed E-state index contributed by atoms with van der Waals surface area (Å²) in [5.74, 6) is -0.136. The highest BCUT2D eigenvalue weighted by molar-refractivity contribution is 8.14. The minimum Gasteiger partial charge on any atom is -0.460 e.